The number of aromatic nitrogens is 1. The Bertz CT molecular complexity index is 2060. The predicted molar refractivity (Wildman–Crippen MR) is 135 cm³/mol. The summed E-state index contributed by atoms with van der Waals surface area (Å²) < 4.78 is 0. The quantitative estimate of drug-likeness (QED) is 0.138. The summed E-state index contributed by atoms with van der Waals surface area (Å²) in [7, 11) is 0. The molecule has 1 heterocycles. The fourth-order valence-corrected chi connectivity index (χ4v) is 4.87. The molecule has 0 aliphatic heterocycles. The van der Waals surface area contributed by atoms with E-state index in [0.717, 1.165) is 43.2 Å². The first kappa shape index (κ1) is 19.2. The summed E-state index contributed by atoms with van der Waals surface area (Å²) in [5.41, 5.74) is 0.954. The highest BCUT2D eigenvalue weighted by molar-refractivity contribution is 6.29. The van der Waals surface area contributed by atoms with Gasteiger partial charge in [0.15, 0.2) is 5.69 Å². The molecular weight excluding hydrogens is 418 g/mol. The molecule has 0 spiro atoms. The maximum Gasteiger partial charge on any atom is 0.202 e. The summed E-state index contributed by atoms with van der Waals surface area (Å²) >= 11 is 0. The van der Waals surface area contributed by atoms with Gasteiger partial charge in [0.25, 0.3) is 0 Å². The Kier molecular flexibility index (Phi) is 3.96. The second-order valence-electron chi connectivity index (χ2n) is 7.96. The summed E-state index contributed by atoms with van der Waals surface area (Å²) in [5.74, 6) is 0. The highest BCUT2D eigenvalue weighted by atomic mass is 14.8. The molecule has 1 aromatic heterocycles. The molecule has 5 nitrogen and oxygen atoms in total. The monoisotopic (exact) mass is 429 g/mol. The van der Waals surface area contributed by atoms with Gasteiger partial charge in [-0.1, -0.05) is 36.4 Å². The van der Waals surface area contributed by atoms with Crippen molar-refractivity contribution >= 4 is 71.1 Å². The average molecular weight is 429 g/mol. The van der Waals surface area contributed by atoms with E-state index in [1.165, 1.54) is 0 Å². The minimum atomic E-state index is -0.0652. The molecule has 0 atom stereocenters. The molecule has 0 unspecified atom stereocenters. The van der Waals surface area contributed by atoms with E-state index in [1.807, 2.05) is 36.4 Å². The van der Waals surface area contributed by atoms with Crippen LogP contribution in [0.15, 0.2) is 66.9 Å². The number of nitriles is 1. The number of nitrogens with zero attached hydrogens (tertiary/aromatic N) is 5. The molecule has 6 aromatic rings. The van der Waals surface area contributed by atoms with E-state index in [1.54, 1.807) is 6.20 Å². The lowest BCUT2D eigenvalue weighted by molar-refractivity contribution is 1.43. The number of fused-ring (bicyclic) bond motifs is 8. The summed E-state index contributed by atoms with van der Waals surface area (Å²) in [5, 5.41) is 17.8. The highest BCUT2D eigenvalue weighted by Crippen LogP contribution is 2.49. The first-order valence-electron chi connectivity index (χ1n) is 10.4. The van der Waals surface area contributed by atoms with Crippen LogP contribution >= 0.6 is 0 Å². The van der Waals surface area contributed by atoms with Gasteiger partial charge in [0.1, 0.15) is 0 Å². The molecule has 0 fully saturated rings. The van der Waals surface area contributed by atoms with E-state index < -0.39 is 0 Å². The van der Waals surface area contributed by atoms with Gasteiger partial charge in [0.2, 0.25) is 11.4 Å². The molecule has 152 valence electrons. The maximum absolute atomic E-state index is 9.92. The summed E-state index contributed by atoms with van der Waals surface area (Å²) in [6.07, 6.45) is 1.76. The molecule has 5 aromatic carbocycles. The van der Waals surface area contributed by atoms with Gasteiger partial charge in [-0.3, -0.25) is 19.5 Å². The van der Waals surface area contributed by atoms with Crippen LogP contribution in [-0.4, -0.2) is 4.98 Å². The number of pyridine rings is 1. The lowest BCUT2D eigenvalue weighted by Gasteiger charge is -2.15. The van der Waals surface area contributed by atoms with Crippen molar-refractivity contribution in [3.8, 4) is 6.07 Å². The summed E-state index contributed by atoms with van der Waals surface area (Å²) in [6, 6.07) is 22.1. The number of hydrogen-bond acceptors (Lipinski definition) is 2. The minimum Gasteiger partial charge on any atom is -0.262 e. The fourth-order valence-electron chi connectivity index (χ4n) is 4.87. The van der Waals surface area contributed by atoms with Crippen LogP contribution in [0.4, 0.5) is 17.1 Å². The van der Waals surface area contributed by atoms with Crippen LogP contribution < -0.4 is 0 Å². The van der Waals surface area contributed by atoms with E-state index in [0.29, 0.717) is 10.8 Å². The van der Waals surface area contributed by atoms with Crippen LogP contribution in [0.5, 0.6) is 0 Å². The predicted octanol–water partition coefficient (Wildman–Crippen LogP) is 8.37. The molecule has 0 bridgehead atoms. The first-order valence-corrected chi connectivity index (χ1v) is 10.4. The van der Waals surface area contributed by atoms with Gasteiger partial charge in [-0.2, -0.15) is 5.26 Å². The molecular formula is C29H11N5. The van der Waals surface area contributed by atoms with Crippen molar-refractivity contribution in [2.75, 3.05) is 0 Å². The van der Waals surface area contributed by atoms with Gasteiger partial charge in [0, 0.05) is 17.0 Å². The molecule has 5 heteroatoms. The molecule has 0 aliphatic rings. The van der Waals surface area contributed by atoms with Crippen molar-refractivity contribution in [1.82, 2.24) is 4.98 Å². The van der Waals surface area contributed by atoms with Gasteiger partial charge in [-0.25, -0.2) is 0 Å². The minimum absolute atomic E-state index is 0.0642. The van der Waals surface area contributed by atoms with Crippen molar-refractivity contribution in [2.24, 2.45) is 0 Å². The van der Waals surface area contributed by atoms with E-state index in [2.05, 4.69) is 49.9 Å². The average Bonchev–Trinajstić information content (AvgIpc) is 2.89. The van der Waals surface area contributed by atoms with Gasteiger partial charge >= 0.3 is 0 Å². The van der Waals surface area contributed by atoms with Crippen LogP contribution in [0.25, 0.3) is 68.5 Å². The van der Waals surface area contributed by atoms with Crippen molar-refractivity contribution in [3.05, 3.63) is 107 Å². The van der Waals surface area contributed by atoms with E-state index in [9.17, 15) is 5.26 Å². The molecule has 0 saturated heterocycles. The molecule has 0 amide bonds. The van der Waals surface area contributed by atoms with Crippen molar-refractivity contribution < 1.29 is 0 Å². The van der Waals surface area contributed by atoms with Gasteiger partial charge in [-0.15, -0.1) is 0 Å². The fraction of sp³-hybridized carbons (Fsp3) is 0. The van der Waals surface area contributed by atoms with Crippen LogP contribution in [0.2, 0.25) is 0 Å². The van der Waals surface area contributed by atoms with Crippen molar-refractivity contribution in [2.45, 2.75) is 0 Å². The number of rotatable bonds is 0. The van der Waals surface area contributed by atoms with Crippen molar-refractivity contribution in [3.63, 3.8) is 0 Å². The van der Waals surface area contributed by atoms with E-state index >= 15 is 0 Å². The first-order chi connectivity index (χ1) is 16.7. The second kappa shape index (κ2) is 7.01. The Morgan fingerprint density at radius 2 is 1.24 bits per heavy atom. The SMILES string of the molecule is [C-]#[N+]c1c([N+]#[C-])c([N+]#[C-])c2cc3c(cc2c1C#N)c1cccnc1c1cc2ccccc2cc31. The Balaban J connectivity index is 1.97. The Labute approximate surface area is 194 Å². The highest BCUT2D eigenvalue weighted by Gasteiger charge is 2.22. The Morgan fingerprint density at radius 1 is 0.618 bits per heavy atom. The molecule has 0 N–H and O–H groups in total. The van der Waals surface area contributed by atoms with Crippen LogP contribution in [0.3, 0.4) is 0 Å². The molecule has 6 rings (SSSR count). The van der Waals surface area contributed by atoms with Gasteiger partial charge < -0.3 is 0 Å². The number of hydrogen-bond donors (Lipinski definition) is 0. The zero-order valence-electron chi connectivity index (χ0n) is 17.6. The smallest absolute Gasteiger partial charge is 0.202 e. The zero-order chi connectivity index (χ0) is 23.4. The summed E-state index contributed by atoms with van der Waals surface area (Å²) in [4.78, 5) is 15.2. The third-order valence-electron chi connectivity index (χ3n) is 6.34. The van der Waals surface area contributed by atoms with Gasteiger partial charge in [-0.05, 0) is 62.0 Å². The molecule has 0 saturated carbocycles. The molecule has 34 heavy (non-hydrogen) atoms. The lowest BCUT2D eigenvalue weighted by atomic mass is 9.90. The maximum atomic E-state index is 9.92. The van der Waals surface area contributed by atoms with Crippen LogP contribution in [0.1, 0.15) is 5.56 Å². The molecule has 0 radical (unpaired) electrons. The number of benzene rings is 5. The molecule has 0 aliphatic carbocycles. The van der Waals surface area contributed by atoms with E-state index in [4.69, 9.17) is 19.7 Å². The van der Waals surface area contributed by atoms with E-state index in [-0.39, 0.29) is 22.6 Å². The largest absolute Gasteiger partial charge is 0.262 e. The topological polar surface area (TPSA) is 49.8 Å². The second-order valence-corrected chi connectivity index (χ2v) is 7.96. The Hall–Kier alpha value is -5.49. The van der Waals surface area contributed by atoms with Gasteiger partial charge in [0.05, 0.1) is 36.9 Å². The normalized spacial score (nSPS) is 10.8. The Morgan fingerprint density at radius 3 is 1.91 bits per heavy atom. The third-order valence-corrected chi connectivity index (χ3v) is 6.34. The summed E-state index contributed by atoms with van der Waals surface area (Å²) in [6.45, 7) is 22.9. The van der Waals surface area contributed by atoms with Crippen LogP contribution in [0, 0.1) is 31.0 Å². The third kappa shape index (κ3) is 2.42. The zero-order valence-corrected chi connectivity index (χ0v) is 17.6. The van der Waals surface area contributed by atoms with Crippen LogP contribution in [-0.2, 0) is 0 Å². The van der Waals surface area contributed by atoms with Crippen molar-refractivity contribution in [1.29, 1.82) is 5.26 Å². The lowest BCUT2D eigenvalue weighted by Crippen LogP contribution is -1.89. The standard InChI is InChI=1S/C29H11N5/c1-31-27-24-14-21-19-11-16-7-4-5-8-17(16)12-23(19)26-18(9-6-10-34-26)20(21)13-22(24)25(15-30)28(32-2)29(27)33-3/h4-14H.